The van der Waals surface area contributed by atoms with Gasteiger partial charge in [-0.3, -0.25) is 10.2 Å². The van der Waals surface area contributed by atoms with Gasteiger partial charge >= 0.3 is 5.97 Å². The van der Waals surface area contributed by atoms with E-state index in [0.29, 0.717) is 12.0 Å². The van der Waals surface area contributed by atoms with Crippen molar-refractivity contribution < 1.29 is 14.6 Å². The van der Waals surface area contributed by atoms with Crippen molar-refractivity contribution in [1.82, 2.24) is 10.3 Å². The fourth-order valence-electron chi connectivity index (χ4n) is 3.73. The number of fused-ring (bicyclic) bond motifs is 1. The van der Waals surface area contributed by atoms with Crippen molar-refractivity contribution in [2.24, 2.45) is 5.73 Å². The SMILES string of the molecule is N=C(N)c1ccc2cc(CC(C(=O)O)c3ccc(O[C@H]4CCNC4)cc3)[nH]c2c1. The molecule has 4 rings (SSSR count). The smallest absolute Gasteiger partial charge is 0.311 e. The number of carboxylic acids is 1. The molecule has 1 fully saturated rings. The first kappa shape index (κ1) is 19.0. The van der Waals surface area contributed by atoms with E-state index in [1.54, 1.807) is 12.1 Å². The Hall–Kier alpha value is -3.32. The van der Waals surface area contributed by atoms with Crippen molar-refractivity contribution in [1.29, 1.82) is 5.41 Å². The average molecular weight is 392 g/mol. The highest BCUT2D eigenvalue weighted by molar-refractivity contribution is 5.98. The summed E-state index contributed by atoms with van der Waals surface area (Å²) >= 11 is 0. The zero-order valence-electron chi connectivity index (χ0n) is 15.9. The number of hydrogen-bond acceptors (Lipinski definition) is 4. The molecule has 0 radical (unpaired) electrons. The van der Waals surface area contributed by atoms with Gasteiger partial charge < -0.3 is 25.9 Å². The minimum absolute atomic E-state index is 0.00200. The maximum absolute atomic E-state index is 11.9. The zero-order chi connectivity index (χ0) is 20.4. The molecular formula is C22H24N4O3. The number of aromatic amines is 1. The first-order valence-electron chi connectivity index (χ1n) is 9.66. The summed E-state index contributed by atoms with van der Waals surface area (Å²) in [7, 11) is 0. The van der Waals surface area contributed by atoms with Gasteiger partial charge in [-0.2, -0.15) is 0 Å². The molecule has 6 N–H and O–H groups in total. The van der Waals surface area contributed by atoms with Crippen LogP contribution in [-0.4, -0.2) is 41.1 Å². The van der Waals surface area contributed by atoms with E-state index in [2.05, 4.69) is 10.3 Å². The molecule has 0 aliphatic carbocycles. The number of carboxylic acid groups (broad SMARTS) is 1. The molecule has 0 saturated carbocycles. The molecule has 29 heavy (non-hydrogen) atoms. The van der Waals surface area contributed by atoms with E-state index < -0.39 is 11.9 Å². The largest absolute Gasteiger partial charge is 0.489 e. The number of hydrogen-bond donors (Lipinski definition) is 5. The number of H-pyrrole nitrogens is 1. The number of rotatable bonds is 7. The van der Waals surface area contributed by atoms with Crippen LogP contribution in [0.15, 0.2) is 48.5 Å². The van der Waals surface area contributed by atoms with Crippen LogP contribution in [-0.2, 0) is 11.2 Å². The van der Waals surface area contributed by atoms with Gasteiger partial charge in [0.05, 0.1) is 5.92 Å². The summed E-state index contributed by atoms with van der Waals surface area (Å²) in [4.78, 5) is 15.2. The second kappa shape index (κ2) is 7.97. The third-order valence-corrected chi connectivity index (χ3v) is 5.31. The molecule has 7 heteroatoms. The van der Waals surface area contributed by atoms with Gasteiger partial charge in [-0.1, -0.05) is 24.3 Å². The summed E-state index contributed by atoms with van der Waals surface area (Å²) in [6.45, 7) is 1.80. The summed E-state index contributed by atoms with van der Waals surface area (Å²) in [5, 5.41) is 21.6. The molecule has 3 aromatic rings. The minimum Gasteiger partial charge on any atom is -0.489 e. The van der Waals surface area contributed by atoms with Crippen molar-refractivity contribution in [2.45, 2.75) is 24.9 Å². The molecule has 1 unspecified atom stereocenters. The molecule has 0 amide bonds. The lowest BCUT2D eigenvalue weighted by Gasteiger charge is -2.15. The minimum atomic E-state index is -0.873. The molecule has 1 saturated heterocycles. The Balaban J connectivity index is 1.52. The van der Waals surface area contributed by atoms with E-state index in [1.165, 1.54) is 0 Å². The maximum Gasteiger partial charge on any atom is 0.311 e. The van der Waals surface area contributed by atoms with E-state index in [-0.39, 0.29) is 11.9 Å². The second-order valence-electron chi connectivity index (χ2n) is 7.41. The second-order valence-corrected chi connectivity index (χ2v) is 7.41. The predicted octanol–water partition coefficient (Wildman–Crippen LogP) is 2.60. The molecule has 7 nitrogen and oxygen atoms in total. The van der Waals surface area contributed by atoms with Gasteiger partial charge in [0.1, 0.15) is 17.7 Å². The standard InChI is InChI=1S/C22H24N4O3/c23-21(24)15-2-1-14-9-16(26-20(14)10-15)11-19(22(27)28)13-3-5-17(6-4-13)29-18-7-8-25-12-18/h1-6,9-10,18-19,25-26H,7-8,11-12H2,(H3,23,24)(H,27,28)/t18-,19?/m0/s1. The topological polar surface area (TPSA) is 124 Å². The van der Waals surface area contributed by atoms with Gasteiger partial charge in [0, 0.05) is 29.7 Å². The fourth-order valence-corrected chi connectivity index (χ4v) is 3.73. The highest BCUT2D eigenvalue weighted by Crippen LogP contribution is 2.26. The van der Waals surface area contributed by atoms with Gasteiger partial charge in [-0.15, -0.1) is 0 Å². The number of aliphatic carboxylic acids is 1. The fraction of sp³-hybridized carbons (Fsp3) is 0.273. The molecule has 0 bridgehead atoms. The Kier molecular flexibility index (Phi) is 5.22. The van der Waals surface area contributed by atoms with Gasteiger partial charge in [0.2, 0.25) is 0 Å². The van der Waals surface area contributed by atoms with E-state index in [4.69, 9.17) is 15.9 Å². The van der Waals surface area contributed by atoms with E-state index >= 15 is 0 Å². The average Bonchev–Trinajstić information content (AvgIpc) is 3.35. The van der Waals surface area contributed by atoms with Crippen LogP contribution in [0.2, 0.25) is 0 Å². The number of ether oxygens (including phenoxy) is 1. The first-order valence-corrected chi connectivity index (χ1v) is 9.66. The Morgan fingerprint density at radius 3 is 2.69 bits per heavy atom. The van der Waals surface area contributed by atoms with Gasteiger partial charge in [-0.25, -0.2) is 0 Å². The summed E-state index contributed by atoms with van der Waals surface area (Å²) in [6.07, 6.45) is 1.49. The van der Waals surface area contributed by atoms with Crippen LogP contribution in [0.4, 0.5) is 0 Å². The Morgan fingerprint density at radius 1 is 1.24 bits per heavy atom. The third kappa shape index (κ3) is 4.25. The Labute approximate surface area is 168 Å². The molecule has 0 spiro atoms. The normalized spacial score (nSPS) is 17.3. The molecule has 1 aromatic heterocycles. The molecule has 150 valence electrons. The summed E-state index contributed by atoms with van der Waals surface area (Å²) < 4.78 is 5.92. The van der Waals surface area contributed by atoms with Gasteiger partial charge in [0.25, 0.3) is 0 Å². The number of benzene rings is 2. The summed E-state index contributed by atoms with van der Waals surface area (Å²) in [5.41, 5.74) is 8.58. The Bertz CT molecular complexity index is 1040. The zero-order valence-corrected chi connectivity index (χ0v) is 15.9. The van der Waals surface area contributed by atoms with Crippen LogP contribution in [0.25, 0.3) is 10.9 Å². The first-order chi connectivity index (χ1) is 14.0. The van der Waals surface area contributed by atoms with Crippen molar-refractivity contribution in [3.63, 3.8) is 0 Å². The van der Waals surface area contributed by atoms with Crippen LogP contribution in [0.1, 0.15) is 29.2 Å². The van der Waals surface area contributed by atoms with Crippen LogP contribution in [0, 0.1) is 5.41 Å². The Morgan fingerprint density at radius 2 is 2.03 bits per heavy atom. The number of nitrogens with one attached hydrogen (secondary N) is 3. The van der Waals surface area contributed by atoms with Crippen LogP contribution >= 0.6 is 0 Å². The quantitative estimate of drug-likeness (QED) is 0.312. The molecule has 2 aromatic carbocycles. The number of aromatic nitrogens is 1. The lowest BCUT2D eigenvalue weighted by atomic mass is 9.94. The number of amidine groups is 1. The van der Waals surface area contributed by atoms with E-state index in [0.717, 1.165) is 47.4 Å². The number of carbonyl (C=O) groups is 1. The lowest BCUT2D eigenvalue weighted by molar-refractivity contribution is -0.138. The molecule has 1 aliphatic rings. The van der Waals surface area contributed by atoms with Crippen molar-refractivity contribution in [3.05, 3.63) is 65.4 Å². The van der Waals surface area contributed by atoms with Crippen molar-refractivity contribution >= 4 is 22.7 Å². The molecule has 1 aliphatic heterocycles. The summed E-state index contributed by atoms with van der Waals surface area (Å²) in [5.74, 6) is -0.782. The molecule has 2 atom stereocenters. The number of nitrogens with two attached hydrogens (primary N) is 1. The summed E-state index contributed by atoms with van der Waals surface area (Å²) in [6, 6.07) is 14.8. The highest BCUT2D eigenvalue weighted by Gasteiger charge is 2.22. The third-order valence-electron chi connectivity index (χ3n) is 5.31. The van der Waals surface area contributed by atoms with Crippen LogP contribution < -0.4 is 15.8 Å². The van der Waals surface area contributed by atoms with E-state index in [1.807, 2.05) is 36.4 Å². The highest BCUT2D eigenvalue weighted by atomic mass is 16.5. The maximum atomic E-state index is 11.9. The molecular weight excluding hydrogens is 368 g/mol. The van der Waals surface area contributed by atoms with E-state index in [9.17, 15) is 9.90 Å². The van der Waals surface area contributed by atoms with Crippen molar-refractivity contribution in [2.75, 3.05) is 13.1 Å². The lowest BCUT2D eigenvalue weighted by Crippen LogP contribution is -2.19. The van der Waals surface area contributed by atoms with Crippen LogP contribution in [0.5, 0.6) is 5.75 Å². The van der Waals surface area contributed by atoms with Crippen LogP contribution in [0.3, 0.4) is 0 Å². The van der Waals surface area contributed by atoms with Gasteiger partial charge in [-0.05, 0) is 48.2 Å². The predicted molar refractivity (Wildman–Crippen MR) is 112 cm³/mol. The molecule has 2 heterocycles. The van der Waals surface area contributed by atoms with Crippen molar-refractivity contribution in [3.8, 4) is 5.75 Å². The number of nitrogen functional groups attached to an aromatic ring is 1. The monoisotopic (exact) mass is 392 g/mol. The van der Waals surface area contributed by atoms with Gasteiger partial charge in [0.15, 0.2) is 0 Å².